The van der Waals surface area contributed by atoms with Crippen LogP contribution >= 0.6 is 22.9 Å². The van der Waals surface area contributed by atoms with Crippen LogP contribution in [0.2, 0.25) is 4.34 Å². The van der Waals surface area contributed by atoms with Crippen LogP contribution in [0.5, 0.6) is 11.5 Å². The number of benzene rings is 1. The summed E-state index contributed by atoms with van der Waals surface area (Å²) in [6.07, 6.45) is 0.903. The number of phenolic OH excluding ortho intramolecular Hbond substituents is 2. The second kappa shape index (κ2) is 6.28. The van der Waals surface area contributed by atoms with Gasteiger partial charge in [0.2, 0.25) is 0 Å². The molecule has 3 N–H and O–H groups in total. The molecule has 0 fully saturated rings. The molecule has 1 heterocycles. The third kappa shape index (κ3) is 3.86. The van der Waals surface area contributed by atoms with Gasteiger partial charge in [-0.15, -0.1) is 11.3 Å². The van der Waals surface area contributed by atoms with Crippen LogP contribution in [-0.2, 0) is 6.42 Å². The van der Waals surface area contributed by atoms with Crippen molar-refractivity contribution in [1.82, 2.24) is 5.32 Å². The molecular weight excluding hydrogens is 282 g/mol. The highest BCUT2D eigenvalue weighted by atomic mass is 35.5. The van der Waals surface area contributed by atoms with Crippen molar-refractivity contribution < 1.29 is 10.2 Å². The molecule has 0 spiro atoms. The maximum absolute atomic E-state index is 9.77. The number of halogens is 1. The molecule has 0 radical (unpaired) electrons. The molecule has 2 aromatic rings. The van der Waals surface area contributed by atoms with Gasteiger partial charge in [0.25, 0.3) is 0 Å². The summed E-state index contributed by atoms with van der Waals surface area (Å²) in [6.45, 7) is 2.78. The van der Waals surface area contributed by atoms with Crippen molar-refractivity contribution in [1.29, 1.82) is 0 Å². The molecule has 5 heteroatoms. The first-order valence-corrected chi connectivity index (χ1v) is 7.25. The van der Waals surface area contributed by atoms with Gasteiger partial charge in [-0.05, 0) is 31.5 Å². The summed E-state index contributed by atoms with van der Waals surface area (Å²) in [5.41, 5.74) is 0.780. The Hall–Kier alpha value is -1.23. The van der Waals surface area contributed by atoms with E-state index in [9.17, 15) is 10.2 Å². The standard InChI is InChI=1S/C14H16ClNO2S/c1-9(12-4-2-10(17)8-13(12)18)16-7-6-11-3-5-14(15)19-11/h2-5,8-9,16-18H,6-7H2,1H3. The quantitative estimate of drug-likeness (QED) is 0.788. The van der Waals surface area contributed by atoms with E-state index in [1.807, 2.05) is 19.1 Å². The third-order valence-corrected chi connectivity index (χ3v) is 4.22. The van der Waals surface area contributed by atoms with Crippen LogP contribution in [0.15, 0.2) is 30.3 Å². The SMILES string of the molecule is CC(NCCc1ccc(Cl)s1)c1ccc(O)cc1O. The van der Waals surface area contributed by atoms with Crippen LogP contribution in [0.1, 0.15) is 23.4 Å². The van der Waals surface area contributed by atoms with E-state index in [1.54, 1.807) is 23.5 Å². The number of hydrogen-bond acceptors (Lipinski definition) is 4. The van der Waals surface area contributed by atoms with Crippen molar-refractivity contribution in [3.05, 3.63) is 45.1 Å². The van der Waals surface area contributed by atoms with Gasteiger partial charge in [0.15, 0.2) is 0 Å². The fraction of sp³-hybridized carbons (Fsp3) is 0.286. The lowest BCUT2D eigenvalue weighted by Crippen LogP contribution is -2.21. The van der Waals surface area contributed by atoms with E-state index in [-0.39, 0.29) is 17.5 Å². The molecule has 0 aliphatic carbocycles. The zero-order valence-corrected chi connectivity index (χ0v) is 12.1. The molecule has 0 saturated heterocycles. The zero-order chi connectivity index (χ0) is 13.8. The summed E-state index contributed by atoms with van der Waals surface area (Å²) >= 11 is 7.46. The lowest BCUT2D eigenvalue weighted by Gasteiger charge is -2.15. The van der Waals surface area contributed by atoms with Gasteiger partial charge in [-0.25, -0.2) is 0 Å². The highest BCUT2D eigenvalue weighted by Gasteiger charge is 2.10. The van der Waals surface area contributed by atoms with Gasteiger partial charge < -0.3 is 15.5 Å². The minimum absolute atomic E-state index is 0.0241. The van der Waals surface area contributed by atoms with Crippen LogP contribution < -0.4 is 5.32 Å². The van der Waals surface area contributed by atoms with Crippen molar-refractivity contribution in [3.8, 4) is 11.5 Å². The summed E-state index contributed by atoms with van der Waals surface area (Å²) in [5.74, 6) is 0.181. The van der Waals surface area contributed by atoms with Crippen molar-refractivity contribution in [2.75, 3.05) is 6.54 Å². The minimum Gasteiger partial charge on any atom is -0.508 e. The highest BCUT2D eigenvalue weighted by Crippen LogP contribution is 2.27. The van der Waals surface area contributed by atoms with Crippen LogP contribution in [0, 0.1) is 0 Å². The Morgan fingerprint density at radius 2 is 2.05 bits per heavy atom. The summed E-state index contributed by atoms with van der Waals surface area (Å²) in [6, 6.07) is 8.60. The summed E-state index contributed by atoms with van der Waals surface area (Å²) < 4.78 is 0.805. The summed E-state index contributed by atoms with van der Waals surface area (Å²) in [7, 11) is 0. The Morgan fingerprint density at radius 3 is 2.68 bits per heavy atom. The van der Waals surface area contributed by atoms with E-state index in [0.717, 1.165) is 22.9 Å². The van der Waals surface area contributed by atoms with E-state index in [0.29, 0.717) is 0 Å². The van der Waals surface area contributed by atoms with Gasteiger partial charge in [-0.1, -0.05) is 17.7 Å². The first-order valence-electron chi connectivity index (χ1n) is 6.05. The Balaban J connectivity index is 1.88. The van der Waals surface area contributed by atoms with E-state index < -0.39 is 0 Å². The molecule has 0 amide bonds. The molecule has 1 unspecified atom stereocenters. The third-order valence-electron chi connectivity index (χ3n) is 2.93. The van der Waals surface area contributed by atoms with Crippen molar-refractivity contribution >= 4 is 22.9 Å². The molecular formula is C14H16ClNO2S. The topological polar surface area (TPSA) is 52.5 Å². The van der Waals surface area contributed by atoms with E-state index in [1.165, 1.54) is 10.9 Å². The fourth-order valence-electron chi connectivity index (χ4n) is 1.91. The lowest BCUT2D eigenvalue weighted by molar-refractivity contribution is 0.436. The maximum atomic E-state index is 9.77. The van der Waals surface area contributed by atoms with E-state index in [4.69, 9.17) is 11.6 Å². The molecule has 3 nitrogen and oxygen atoms in total. The molecule has 0 aliphatic rings. The van der Waals surface area contributed by atoms with Crippen LogP contribution in [0.25, 0.3) is 0 Å². The zero-order valence-electron chi connectivity index (χ0n) is 10.6. The van der Waals surface area contributed by atoms with Gasteiger partial charge >= 0.3 is 0 Å². The van der Waals surface area contributed by atoms with Crippen molar-refractivity contribution in [2.24, 2.45) is 0 Å². The first kappa shape index (κ1) is 14.2. The Labute approximate surface area is 121 Å². The predicted octanol–water partition coefficient (Wildman–Crippen LogP) is 3.71. The Kier molecular flexibility index (Phi) is 4.69. The monoisotopic (exact) mass is 297 g/mol. The van der Waals surface area contributed by atoms with E-state index in [2.05, 4.69) is 5.32 Å². The van der Waals surface area contributed by atoms with E-state index >= 15 is 0 Å². The second-order valence-electron chi connectivity index (χ2n) is 4.37. The van der Waals surface area contributed by atoms with Crippen molar-refractivity contribution in [2.45, 2.75) is 19.4 Å². The summed E-state index contributed by atoms with van der Waals surface area (Å²) in [4.78, 5) is 1.24. The molecule has 19 heavy (non-hydrogen) atoms. The van der Waals surface area contributed by atoms with Gasteiger partial charge in [0.1, 0.15) is 11.5 Å². The van der Waals surface area contributed by atoms with Gasteiger partial charge in [-0.3, -0.25) is 0 Å². The molecule has 0 aliphatic heterocycles. The minimum atomic E-state index is 0.0241. The van der Waals surface area contributed by atoms with Gasteiger partial charge in [0.05, 0.1) is 4.34 Å². The Morgan fingerprint density at radius 1 is 1.26 bits per heavy atom. The average Bonchev–Trinajstić information content (AvgIpc) is 2.75. The lowest BCUT2D eigenvalue weighted by atomic mass is 10.1. The number of hydrogen-bond donors (Lipinski definition) is 3. The summed E-state index contributed by atoms with van der Waals surface area (Å²) in [5, 5.41) is 22.4. The molecule has 0 saturated carbocycles. The largest absolute Gasteiger partial charge is 0.508 e. The van der Waals surface area contributed by atoms with Crippen LogP contribution in [-0.4, -0.2) is 16.8 Å². The maximum Gasteiger partial charge on any atom is 0.124 e. The average molecular weight is 298 g/mol. The van der Waals surface area contributed by atoms with Gasteiger partial charge in [-0.2, -0.15) is 0 Å². The highest BCUT2D eigenvalue weighted by molar-refractivity contribution is 7.16. The molecule has 0 bridgehead atoms. The Bertz CT molecular complexity index is 556. The first-order chi connectivity index (χ1) is 9.06. The van der Waals surface area contributed by atoms with Crippen molar-refractivity contribution in [3.63, 3.8) is 0 Å². The molecule has 1 aromatic carbocycles. The van der Waals surface area contributed by atoms with Crippen LogP contribution in [0.4, 0.5) is 0 Å². The smallest absolute Gasteiger partial charge is 0.124 e. The predicted molar refractivity (Wildman–Crippen MR) is 79.2 cm³/mol. The molecule has 1 aromatic heterocycles. The molecule has 1 atom stereocenters. The fourth-order valence-corrected chi connectivity index (χ4v) is 2.99. The van der Waals surface area contributed by atoms with Gasteiger partial charge in [0, 0.05) is 29.1 Å². The number of phenols is 2. The number of thiophene rings is 1. The second-order valence-corrected chi connectivity index (χ2v) is 6.17. The normalized spacial score (nSPS) is 12.5. The van der Waals surface area contributed by atoms with Crippen LogP contribution in [0.3, 0.4) is 0 Å². The molecule has 102 valence electrons. The number of nitrogens with one attached hydrogen (secondary N) is 1. The number of aromatic hydroxyl groups is 2. The molecule has 2 rings (SSSR count). The number of rotatable bonds is 5.